The number of nitrogens with zero attached hydrogens (tertiary/aromatic N) is 3. The van der Waals surface area contributed by atoms with Gasteiger partial charge in [0.1, 0.15) is 11.4 Å². The van der Waals surface area contributed by atoms with Crippen LogP contribution in [0, 0.1) is 0 Å². The molecule has 0 spiro atoms. The van der Waals surface area contributed by atoms with Crippen molar-refractivity contribution >= 4 is 0 Å². The van der Waals surface area contributed by atoms with E-state index in [4.69, 9.17) is 10.2 Å². The van der Waals surface area contributed by atoms with Crippen LogP contribution >= 0.6 is 0 Å². The molecule has 1 heterocycles. The normalized spacial score (nSPS) is 12.0. The highest BCUT2D eigenvalue weighted by molar-refractivity contribution is 5.60. The van der Waals surface area contributed by atoms with Gasteiger partial charge < -0.3 is 10.4 Å². The van der Waals surface area contributed by atoms with Crippen molar-refractivity contribution in [1.29, 1.82) is 0 Å². The van der Waals surface area contributed by atoms with Crippen LogP contribution < -0.4 is 5.32 Å². The number of aliphatic hydroxyl groups excluding tert-OH is 1. The first-order chi connectivity index (χ1) is 14.3. The van der Waals surface area contributed by atoms with E-state index in [1.165, 1.54) is 0 Å². The highest BCUT2D eigenvalue weighted by Crippen LogP contribution is 2.20. The Morgan fingerprint density at radius 1 is 0.793 bits per heavy atom. The van der Waals surface area contributed by atoms with E-state index in [1.807, 2.05) is 78.9 Å². The highest BCUT2D eigenvalue weighted by atomic mass is 16.3. The largest absolute Gasteiger partial charge is 0.387 e. The Morgan fingerprint density at radius 2 is 1.41 bits per heavy atom. The summed E-state index contributed by atoms with van der Waals surface area (Å²) in [6.07, 6.45) is -0.560. The van der Waals surface area contributed by atoms with Crippen LogP contribution in [0.25, 0.3) is 11.3 Å². The number of rotatable bonds is 8. The Balaban J connectivity index is 1.50. The second-order valence-corrected chi connectivity index (χ2v) is 6.93. The van der Waals surface area contributed by atoms with Crippen LogP contribution in [0.2, 0.25) is 0 Å². The lowest BCUT2D eigenvalue weighted by molar-refractivity contribution is 0.174. The quantitative estimate of drug-likeness (QED) is 0.485. The summed E-state index contributed by atoms with van der Waals surface area (Å²) in [6.45, 7) is 1.60. The van der Waals surface area contributed by atoms with E-state index < -0.39 is 6.10 Å². The van der Waals surface area contributed by atoms with E-state index >= 15 is 0 Å². The Morgan fingerprint density at radius 3 is 2.10 bits per heavy atom. The van der Waals surface area contributed by atoms with Gasteiger partial charge in [-0.05, 0) is 11.1 Å². The van der Waals surface area contributed by atoms with Gasteiger partial charge in [0.25, 0.3) is 0 Å². The zero-order chi connectivity index (χ0) is 19.9. The number of nitrogens with one attached hydrogen (secondary N) is 1. The Labute approximate surface area is 170 Å². The maximum absolute atomic E-state index is 10.4. The fraction of sp³-hybridized carbons (Fsp3) is 0.167. The summed E-state index contributed by atoms with van der Waals surface area (Å²) in [5.74, 6) is 0. The van der Waals surface area contributed by atoms with Crippen LogP contribution in [0.1, 0.15) is 22.9 Å². The topological polar surface area (TPSA) is 63.0 Å². The van der Waals surface area contributed by atoms with Gasteiger partial charge in [-0.15, -0.1) is 0 Å². The van der Waals surface area contributed by atoms with E-state index in [0.29, 0.717) is 19.6 Å². The summed E-state index contributed by atoms with van der Waals surface area (Å²) in [5, 5.41) is 23.2. The van der Waals surface area contributed by atoms with Gasteiger partial charge in [-0.1, -0.05) is 91.0 Å². The molecule has 0 amide bonds. The zero-order valence-corrected chi connectivity index (χ0v) is 16.1. The van der Waals surface area contributed by atoms with Crippen molar-refractivity contribution in [1.82, 2.24) is 20.3 Å². The lowest BCUT2D eigenvalue weighted by Crippen LogP contribution is -2.21. The highest BCUT2D eigenvalue weighted by Gasteiger charge is 2.14. The van der Waals surface area contributed by atoms with Crippen LogP contribution in [0.15, 0.2) is 91.0 Å². The van der Waals surface area contributed by atoms with Gasteiger partial charge in [0.15, 0.2) is 0 Å². The molecule has 0 radical (unpaired) electrons. The van der Waals surface area contributed by atoms with Gasteiger partial charge in [0.2, 0.25) is 0 Å². The third kappa shape index (κ3) is 4.96. The molecular weight excluding hydrogens is 360 g/mol. The summed E-state index contributed by atoms with van der Waals surface area (Å²) < 4.78 is 0. The summed E-state index contributed by atoms with van der Waals surface area (Å²) in [4.78, 5) is 1.74. The number of aliphatic hydroxyl groups is 1. The SMILES string of the molecule is O[C@H](CNCc1nn(Cc2ccccc2)nc1-c1ccccc1)c1ccccc1. The molecule has 3 aromatic carbocycles. The van der Waals surface area contributed by atoms with Crippen molar-refractivity contribution in [2.45, 2.75) is 19.2 Å². The predicted octanol–water partition coefficient (Wildman–Crippen LogP) is 3.82. The fourth-order valence-corrected chi connectivity index (χ4v) is 3.26. The van der Waals surface area contributed by atoms with E-state index in [9.17, 15) is 5.11 Å². The molecule has 0 bridgehead atoms. The van der Waals surface area contributed by atoms with E-state index in [0.717, 1.165) is 28.1 Å². The molecule has 0 fully saturated rings. The molecule has 0 aliphatic rings. The van der Waals surface area contributed by atoms with Gasteiger partial charge in [0, 0.05) is 18.7 Å². The summed E-state index contributed by atoms with van der Waals surface area (Å²) in [7, 11) is 0. The van der Waals surface area contributed by atoms with Crippen LogP contribution in [-0.2, 0) is 13.1 Å². The molecule has 0 aliphatic carbocycles. The number of hydrogen-bond acceptors (Lipinski definition) is 4. The summed E-state index contributed by atoms with van der Waals surface area (Å²) in [5.41, 5.74) is 4.82. The molecule has 5 nitrogen and oxygen atoms in total. The molecule has 1 atom stereocenters. The third-order valence-corrected chi connectivity index (χ3v) is 4.75. The maximum atomic E-state index is 10.4. The van der Waals surface area contributed by atoms with Crippen LogP contribution in [-0.4, -0.2) is 26.6 Å². The molecular formula is C24H24N4O. The average molecular weight is 384 g/mol. The fourth-order valence-electron chi connectivity index (χ4n) is 3.26. The molecule has 0 saturated carbocycles. The van der Waals surface area contributed by atoms with Crippen LogP contribution in [0.4, 0.5) is 0 Å². The summed E-state index contributed by atoms with van der Waals surface area (Å²) >= 11 is 0. The monoisotopic (exact) mass is 384 g/mol. The Bertz CT molecular complexity index is 1020. The van der Waals surface area contributed by atoms with Crippen molar-refractivity contribution in [3.8, 4) is 11.3 Å². The zero-order valence-electron chi connectivity index (χ0n) is 16.1. The van der Waals surface area contributed by atoms with E-state index in [2.05, 4.69) is 17.4 Å². The molecule has 0 unspecified atom stereocenters. The van der Waals surface area contributed by atoms with Gasteiger partial charge in [-0.2, -0.15) is 15.0 Å². The molecule has 0 saturated heterocycles. The Hall–Kier alpha value is -3.28. The first kappa shape index (κ1) is 19.1. The standard InChI is InChI=1S/C24H24N4O/c29-23(20-12-6-2-7-13-20)17-25-16-22-24(21-14-8-3-9-15-21)27-28(26-22)18-19-10-4-1-5-11-19/h1-15,23,25,29H,16-18H2/t23-/m1/s1. The maximum Gasteiger partial charge on any atom is 0.117 e. The van der Waals surface area contributed by atoms with Crippen molar-refractivity contribution in [2.24, 2.45) is 0 Å². The lowest BCUT2D eigenvalue weighted by Gasteiger charge is -2.11. The van der Waals surface area contributed by atoms with Crippen molar-refractivity contribution in [3.05, 3.63) is 108 Å². The van der Waals surface area contributed by atoms with E-state index in [-0.39, 0.29) is 0 Å². The second kappa shape index (κ2) is 9.28. The molecule has 29 heavy (non-hydrogen) atoms. The molecule has 146 valence electrons. The van der Waals surface area contributed by atoms with Crippen LogP contribution in [0.5, 0.6) is 0 Å². The number of hydrogen-bond donors (Lipinski definition) is 2. The average Bonchev–Trinajstić information content (AvgIpc) is 3.18. The minimum absolute atomic E-state index is 0.448. The molecule has 1 aromatic heterocycles. The van der Waals surface area contributed by atoms with Crippen molar-refractivity contribution in [2.75, 3.05) is 6.54 Å². The summed E-state index contributed by atoms with van der Waals surface area (Å²) in [6, 6.07) is 29.9. The van der Waals surface area contributed by atoms with Gasteiger partial charge in [-0.25, -0.2) is 0 Å². The first-order valence-corrected chi connectivity index (χ1v) is 9.76. The second-order valence-electron chi connectivity index (χ2n) is 6.93. The van der Waals surface area contributed by atoms with Crippen LogP contribution in [0.3, 0.4) is 0 Å². The minimum Gasteiger partial charge on any atom is -0.387 e. The third-order valence-electron chi connectivity index (χ3n) is 4.75. The Kier molecular flexibility index (Phi) is 6.10. The number of benzene rings is 3. The van der Waals surface area contributed by atoms with Gasteiger partial charge >= 0.3 is 0 Å². The molecule has 5 heteroatoms. The molecule has 2 N–H and O–H groups in total. The minimum atomic E-state index is -0.560. The molecule has 4 rings (SSSR count). The molecule has 0 aliphatic heterocycles. The molecule has 4 aromatic rings. The van der Waals surface area contributed by atoms with Gasteiger partial charge in [-0.3, -0.25) is 0 Å². The smallest absolute Gasteiger partial charge is 0.117 e. The van der Waals surface area contributed by atoms with Crippen molar-refractivity contribution < 1.29 is 5.11 Å². The number of aromatic nitrogens is 3. The lowest BCUT2D eigenvalue weighted by atomic mass is 10.1. The van der Waals surface area contributed by atoms with Crippen molar-refractivity contribution in [3.63, 3.8) is 0 Å². The van der Waals surface area contributed by atoms with Gasteiger partial charge in [0.05, 0.1) is 12.6 Å². The first-order valence-electron chi connectivity index (χ1n) is 9.76. The van der Waals surface area contributed by atoms with E-state index in [1.54, 1.807) is 4.80 Å². The predicted molar refractivity (Wildman–Crippen MR) is 114 cm³/mol.